The minimum absolute atomic E-state index is 0.0343. The Kier molecular flexibility index (Phi) is 6.65. The lowest BCUT2D eigenvalue weighted by Gasteiger charge is -2.37. The average molecular weight is 297 g/mol. The molecular weight excluding hydrogens is 266 g/mol. The van der Waals surface area contributed by atoms with Gasteiger partial charge in [-0.15, -0.1) is 0 Å². The molecule has 0 saturated carbocycles. The number of rotatable bonds is 5. The maximum atomic E-state index is 12.4. The molecule has 1 rings (SSSR count). The van der Waals surface area contributed by atoms with Gasteiger partial charge in [0.15, 0.2) is 0 Å². The third-order valence-corrected chi connectivity index (χ3v) is 4.09. The first-order chi connectivity index (χ1) is 9.75. The lowest BCUT2D eigenvalue weighted by Crippen LogP contribution is -2.53. The van der Waals surface area contributed by atoms with Gasteiger partial charge in [-0.3, -0.25) is 9.59 Å². The van der Waals surface area contributed by atoms with Crippen molar-refractivity contribution in [3.63, 3.8) is 0 Å². The zero-order valence-electron chi connectivity index (χ0n) is 13.9. The van der Waals surface area contributed by atoms with Crippen LogP contribution in [0.5, 0.6) is 0 Å². The molecule has 0 bridgehead atoms. The second kappa shape index (κ2) is 7.78. The Morgan fingerprint density at radius 2 is 2.05 bits per heavy atom. The zero-order chi connectivity index (χ0) is 16.0. The molecule has 0 aromatic carbocycles. The first-order valence-corrected chi connectivity index (χ1v) is 8.06. The van der Waals surface area contributed by atoms with Crippen molar-refractivity contribution in [3.8, 4) is 0 Å². The number of carbonyl (C=O) groups is 2. The Bertz CT molecular complexity index is 363. The highest BCUT2D eigenvalue weighted by Gasteiger charge is 2.33. The quantitative estimate of drug-likeness (QED) is 0.808. The summed E-state index contributed by atoms with van der Waals surface area (Å²) < 4.78 is 0. The van der Waals surface area contributed by atoms with Crippen molar-refractivity contribution in [1.29, 1.82) is 0 Å². The molecule has 5 nitrogen and oxygen atoms in total. The number of carbonyl (C=O) groups excluding carboxylic acids is 2. The Morgan fingerprint density at radius 3 is 2.62 bits per heavy atom. The maximum absolute atomic E-state index is 12.4. The number of nitrogens with two attached hydrogens (primary N) is 1. The summed E-state index contributed by atoms with van der Waals surface area (Å²) in [5.74, 6) is 0.482. The van der Waals surface area contributed by atoms with E-state index in [1.54, 1.807) is 0 Å². The van der Waals surface area contributed by atoms with Gasteiger partial charge >= 0.3 is 0 Å². The number of hydrogen-bond acceptors (Lipinski definition) is 3. The molecule has 5 heteroatoms. The molecule has 2 atom stereocenters. The van der Waals surface area contributed by atoms with Gasteiger partial charge in [-0.1, -0.05) is 27.7 Å². The van der Waals surface area contributed by atoms with Crippen LogP contribution in [0.15, 0.2) is 0 Å². The molecule has 3 N–H and O–H groups in total. The second-order valence-electron chi connectivity index (χ2n) is 7.19. The molecule has 1 heterocycles. The minimum atomic E-state index is -0.467. The van der Waals surface area contributed by atoms with Crippen LogP contribution in [-0.2, 0) is 9.59 Å². The van der Waals surface area contributed by atoms with Gasteiger partial charge < -0.3 is 16.0 Å². The summed E-state index contributed by atoms with van der Waals surface area (Å²) in [6.07, 6.45) is 3.48. The number of nitrogens with one attached hydrogen (secondary N) is 1. The normalized spacial score (nSPS) is 21.0. The van der Waals surface area contributed by atoms with E-state index in [4.69, 9.17) is 5.73 Å². The van der Waals surface area contributed by atoms with E-state index in [0.29, 0.717) is 25.4 Å². The van der Waals surface area contributed by atoms with Crippen LogP contribution in [-0.4, -0.2) is 42.4 Å². The van der Waals surface area contributed by atoms with Crippen LogP contribution in [0, 0.1) is 11.3 Å². The minimum Gasteiger partial charge on any atom is -0.356 e. The number of hydrogen-bond donors (Lipinski definition) is 2. The first kappa shape index (κ1) is 18.0. The van der Waals surface area contributed by atoms with Crippen LogP contribution in [0.1, 0.15) is 53.4 Å². The van der Waals surface area contributed by atoms with Crippen molar-refractivity contribution in [2.45, 2.75) is 59.4 Å². The van der Waals surface area contributed by atoms with Crippen LogP contribution in [0.25, 0.3) is 0 Å². The molecule has 1 unspecified atom stereocenters. The smallest absolute Gasteiger partial charge is 0.240 e. The van der Waals surface area contributed by atoms with Gasteiger partial charge in [0.05, 0.1) is 6.04 Å². The van der Waals surface area contributed by atoms with Crippen molar-refractivity contribution in [3.05, 3.63) is 0 Å². The van der Waals surface area contributed by atoms with Gasteiger partial charge in [-0.25, -0.2) is 0 Å². The third kappa shape index (κ3) is 5.65. The van der Waals surface area contributed by atoms with Crippen molar-refractivity contribution in [2.24, 2.45) is 17.1 Å². The third-order valence-electron chi connectivity index (χ3n) is 4.09. The van der Waals surface area contributed by atoms with E-state index in [-0.39, 0.29) is 17.2 Å². The van der Waals surface area contributed by atoms with E-state index < -0.39 is 6.04 Å². The Labute approximate surface area is 128 Å². The number of piperidine rings is 1. The van der Waals surface area contributed by atoms with Crippen LogP contribution in [0.2, 0.25) is 0 Å². The van der Waals surface area contributed by atoms with Gasteiger partial charge in [-0.2, -0.15) is 0 Å². The number of nitrogens with zero attached hydrogens (tertiary/aromatic N) is 1. The SMILES string of the molecule is CCCC(=O)NCC1CCCN(C(=O)[C@@H](N)C(C)(C)C)C1. The second-order valence-corrected chi connectivity index (χ2v) is 7.19. The van der Waals surface area contributed by atoms with Gasteiger partial charge in [0.1, 0.15) is 0 Å². The van der Waals surface area contributed by atoms with Gasteiger partial charge in [0.2, 0.25) is 11.8 Å². The zero-order valence-corrected chi connectivity index (χ0v) is 13.9. The summed E-state index contributed by atoms with van der Waals surface area (Å²) >= 11 is 0. The van der Waals surface area contributed by atoms with E-state index >= 15 is 0 Å². The molecule has 0 aromatic heterocycles. The van der Waals surface area contributed by atoms with Crippen molar-refractivity contribution in [1.82, 2.24) is 10.2 Å². The molecule has 1 aliphatic heterocycles. The average Bonchev–Trinajstić information content (AvgIpc) is 2.43. The van der Waals surface area contributed by atoms with Crippen molar-refractivity contribution < 1.29 is 9.59 Å². The van der Waals surface area contributed by atoms with Crippen LogP contribution in [0.4, 0.5) is 0 Å². The standard InChI is InChI=1S/C16H31N3O2/c1-5-7-13(20)18-10-12-8-6-9-19(11-12)15(21)14(17)16(2,3)4/h12,14H,5-11,17H2,1-4H3,(H,18,20)/t12?,14-/m1/s1. The molecule has 21 heavy (non-hydrogen) atoms. The van der Waals surface area contributed by atoms with E-state index in [9.17, 15) is 9.59 Å². The summed E-state index contributed by atoms with van der Waals surface area (Å²) in [6.45, 7) is 10.1. The van der Waals surface area contributed by atoms with E-state index in [0.717, 1.165) is 25.8 Å². The lowest BCUT2D eigenvalue weighted by atomic mass is 9.86. The Morgan fingerprint density at radius 1 is 1.38 bits per heavy atom. The topological polar surface area (TPSA) is 75.4 Å². The molecule has 0 aromatic rings. The fourth-order valence-corrected chi connectivity index (χ4v) is 2.57. The molecule has 0 radical (unpaired) electrons. The summed E-state index contributed by atoms with van der Waals surface area (Å²) in [5.41, 5.74) is 5.85. The fraction of sp³-hybridized carbons (Fsp3) is 0.875. The van der Waals surface area contributed by atoms with E-state index in [1.807, 2.05) is 32.6 Å². The lowest BCUT2D eigenvalue weighted by molar-refractivity contribution is -0.136. The largest absolute Gasteiger partial charge is 0.356 e. The van der Waals surface area contributed by atoms with E-state index in [2.05, 4.69) is 5.32 Å². The molecule has 122 valence electrons. The van der Waals surface area contributed by atoms with Crippen molar-refractivity contribution >= 4 is 11.8 Å². The maximum Gasteiger partial charge on any atom is 0.240 e. The van der Waals surface area contributed by atoms with Crippen LogP contribution < -0.4 is 11.1 Å². The summed E-state index contributed by atoms with van der Waals surface area (Å²) in [4.78, 5) is 25.8. The number of likely N-dealkylation sites (tertiary alicyclic amines) is 1. The van der Waals surface area contributed by atoms with Gasteiger partial charge in [-0.05, 0) is 30.6 Å². The molecular formula is C16H31N3O2. The predicted molar refractivity (Wildman–Crippen MR) is 84.7 cm³/mol. The molecule has 2 amide bonds. The van der Waals surface area contributed by atoms with Gasteiger partial charge in [0, 0.05) is 26.1 Å². The summed E-state index contributed by atoms with van der Waals surface area (Å²) in [6, 6.07) is -0.467. The monoisotopic (exact) mass is 297 g/mol. The molecule has 1 fully saturated rings. The highest BCUT2D eigenvalue weighted by atomic mass is 16.2. The highest BCUT2D eigenvalue weighted by Crippen LogP contribution is 2.22. The molecule has 1 aliphatic rings. The van der Waals surface area contributed by atoms with Crippen LogP contribution >= 0.6 is 0 Å². The van der Waals surface area contributed by atoms with Crippen molar-refractivity contribution in [2.75, 3.05) is 19.6 Å². The van der Waals surface area contributed by atoms with E-state index in [1.165, 1.54) is 0 Å². The van der Waals surface area contributed by atoms with Gasteiger partial charge in [0.25, 0.3) is 0 Å². The Hall–Kier alpha value is -1.10. The fourth-order valence-electron chi connectivity index (χ4n) is 2.57. The summed E-state index contributed by atoms with van der Waals surface area (Å²) in [7, 11) is 0. The first-order valence-electron chi connectivity index (χ1n) is 8.06. The van der Waals surface area contributed by atoms with Crippen LogP contribution in [0.3, 0.4) is 0 Å². The molecule has 0 spiro atoms. The molecule has 1 saturated heterocycles. The number of amides is 2. The molecule has 0 aliphatic carbocycles. The predicted octanol–water partition coefficient (Wildman–Crippen LogP) is 1.51. The summed E-state index contributed by atoms with van der Waals surface area (Å²) in [5, 5.41) is 2.96. The Balaban J connectivity index is 2.48. The highest BCUT2D eigenvalue weighted by molar-refractivity contribution is 5.82.